The monoisotopic (exact) mass is 641 g/mol. The summed E-state index contributed by atoms with van der Waals surface area (Å²) in [6.45, 7) is 0. The summed E-state index contributed by atoms with van der Waals surface area (Å²) in [5.41, 5.74) is 11.9. The lowest BCUT2D eigenvalue weighted by Gasteiger charge is -2.12. The first-order valence-electron chi connectivity index (χ1n) is 16.6. The molecule has 5 nitrogen and oxygen atoms in total. The minimum absolute atomic E-state index is 0.654. The van der Waals surface area contributed by atoms with Crippen molar-refractivity contribution in [2.24, 2.45) is 0 Å². The van der Waals surface area contributed by atoms with E-state index in [4.69, 9.17) is 18.8 Å². The molecule has 0 aliphatic heterocycles. The molecule has 0 N–H and O–H groups in total. The molecule has 0 aliphatic rings. The fourth-order valence-electron chi connectivity index (χ4n) is 7.07. The van der Waals surface area contributed by atoms with Gasteiger partial charge in [0.25, 0.3) is 0 Å². The highest BCUT2D eigenvalue weighted by atomic mass is 16.3. The Labute approximate surface area is 287 Å². The smallest absolute Gasteiger partial charge is 0.160 e. The minimum Gasteiger partial charge on any atom is -0.456 e. The third-order valence-corrected chi connectivity index (χ3v) is 9.37. The normalized spacial score (nSPS) is 11.6. The molecule has 0 atom stereocenters. The van der Waals surface area contributed by atoms with Gasteiger partial charge in [-0.25, -0.2) is 9.97 Å². The predicted molar refractivity (Wildman–Crippen MR) is 202 cm³/mol. The van der Waals surface area contributed by atoms with Crippen LogP contribution in [0.4, 0.5) is 0 Å². The van der Waals surface area contributed by atoms with Crippen LogP contribution < -0.4 is 0 Å². The zero-order valence-corrected chi connectivity index (χ0v) is 26.7. The Hall–Kier alpha value is -6.85. The average molecular weight is 642 g/mol. The second-order valence-corrected chi connectivity index (χ2v) is 12.4. The van der Waals surface area contributed by atoms with Crippen LogP contribution in [0.25, 0.3) is 100 Å². The van der Waals surface area contributed by atoms with Crippen LogP contribution in [0, 0.1) is 0 Å². The lowest BCUT2D eigenvalue weighted by molar-refractivity contribution is 0.668. The number of furan rings is 2. The van der Waals surface area contributed by atoms with E-state index < -0.39 is 0 Å². The van der Waals surface area contributed by atoms with Gasteiger partial charge in [0.05, 0.1) is 17.1 Å². The van der Waals surface area contributed by atoms with Crippen LogP contribution >= 0.6 is 0 Å². The molecule has 4 heterocycles. The van der Waals surface area contributed by atoms with Crippen LogP contribution in [-0.4, -0.2) is 15.0 Å². The lowest BCUT2D eigenvalue weighted by Crippen LogP contribution is -1.97. The average Bonchev–Trinajstić information content (AvgIpc) is 3.77. The quantitative estimate of drug-likeness (QED) is 0.187. The summed E-state index contributed by atoms with van der Waals surface area (Å²) in [4.78, 5) is 14.9. The highest BCUT2D eigenvalue weighted by Crippen LogP contribution is 2.45. The summed E-state index contributed by atoms with van der Waals surface area (Å²) in [5, 5.41) is 4.18. The molecule has 0 unspecified atom stereocenters. The number of nitrogens with zero attached hydrogens (tertiary/aromatic N) is 3. The van der Waals surface area contributed by atoms with Crippen LogP contribution in [-0.2, 0) is 0 Å². The first-order chi connectivity index (χ1) is 24.8. The third kappa shape index (κ3) is 4.60. The van der Waals surface area contributed by atoms with Crippen molar-refractivity contribution in [2.45, 2.75) is 0 Å². The molecule has 5 heteroatoms. The first kappa shape index (κ1) is 28.2. The number of pyridine rings is 1. The van der Waals surface area contributed by atoms with Gasteiger partial charge in [-0.15, -0.1) is 0 Å². The van der Waals surface area contributed by atoms with E-state index in [-0.39, 0.29) is 0 Å². The van der Waals surface area contributed by atoms with Gasteiger partial charge in [0.1, 0.15) is 22.3 Å². The van der Waals surface area contributed by atoms with E-state index in [0.29, 0.717) is 5.82 Å². The van der Waals surface area contributed by atoms with Crippen molar-refractivity contribution in [3.05, 3.63) is 164 Å². The maximum atomic E-state index is 6.75. The van der Waals surface area contributed by atoms with Gasteiger partial charge in [-0.1, -0.05) is 109 Å². The van der Waals surface area contributed by atoms with Gasteiger partial charge < -0.3 is 8.83 Å². The summed E-state index contributed by atoms with van der Waals surface area (Å²) in [5.74, 6) is 0.654. The van der Waals surface area contributed by atoms with Gasteiger partial charge in [0.2, 0.25) is 0 Å². The molecular weight excluding hydrogens is 615 g/mol. The Morgan fingerprint density at radius 1 is 0.380 bits per heavy atom. The lowest BCUT2D eigenvalue weighted by atomic mass is 9.94. The molecule has 10 rings (SSSR count). The number of aromatic nitrogens is 3. The molecule has 0 aliphatic carbocycles. The molecule has 10 aromatic rings. The van der Waals surface area contributed by atoms with Crippen molar-refractivity contribution in [3.63, 3.8) is 0 Å². The number of para-hydroxylation sites is 2. The molecule has 6 aromatic carbocycles. The minimum atomic E-state index is 0.654. The number of hydrogen-bond acceptors (Lipinski definition) is 5. The van der Waals surface area contributed by atoms with Crippen LogP contribution in [0.15, 0.2) is 173 Å². The second kappa shape index (κ2) is 11.4. The van der Waals surface area contributed by atoms with Crippen molar-refractivity contribution < 1.29 is 8.83 Å². The molecule has 0 radical (unpaired) electrons. The molecule has 0 bridgehead atoms. The molecule has 50 heavy (non-hydrogen) atoms. The van der Waals surface area contributed by atoms with Crippen LogP contribution in [0.1, 0.15) is 0 Å². The standard InChI is InChI=1S/C45H27N3O2/c1-2-12-28(13-3-1)45-47-37(30-15-10-14-29(26-30)36-19-8-9-25-46-36)27-38(48-45)33-24-23-32(44-43(33)35-17-5-7-21-40(35)50-44)31-18-11-22-41-42(31)34-16-4-6-20-39(34)49-41/h1-27H. The van der Waals surface area contributed by atoms with Crippen molar-refractivity contribution in [3.8, 4) is 56.3 Å². The largest absolute Gasteiger partial charge is 0.456 e. The van der Waals surface area contributed by atoms with Crippen molar-refractivity contribution >= 4 is 43.9 Å². The Balaban J connectivity index is 1.23. The molecular formula is C45H27N3O2. The summed E-state index contributed by atoms with van der Waals surface area (Å²) in [6.07, 6.45) is 1.82. The predicted octanol–water partition coefficient (Wildman–Crippen LogP) is 12.0. The first-order valence-corrected chi connectivity index (χ1v) is 16.6. The van der Waals surface area contributed by atoms with E-state index in [1.165, 1.54) is 0 Å². The maximum absolute atomic E-state index is 6.75. The number of benzene rings is 6. The van der Waals surface area contributed by atoms with Crippen molar-refractivity contribution in [1.82, 2.24) is 15.0 Å². The van der Waals surface area contributed by atoms with Gasteiger partial charge in [-0.05, 0) is 54.1 Å². The summed E-state index contributed by atoms with van der Waals surface area (Å²) in [7, 11) is 0. The SMILES string of the molecule is c1ccc(-c2nc(-c3cccc(-c4ccccn4)c3)cc(-c3ccc(-c4cccc5oc6ccccc6c45)c4oc5ccccc5c34)n2)cc1. The van der Waals surface area contributed by atoms with Gasteiger partial charge >= 0.3 is 0 Å². The van der Waals surface area contributed by atoms with E-state index in [9.17, 15) is 0 Å². The molecule has 0 saturated heterocycles. The van der Waals surface area contributed by atoms with Crippen LogP contribution in [0.3, 0.4) is 0 Å². The summed E-state index contributed by atoms with van der Waals surface area (Å²) >= 11 is 0. The second-order valence-electron chi connectivity index (χ2n) is 12.4. The van der Waals surface area contributed by atoms with Crippen molar-refractivity contribution in [1.29, 1.82) is 0 Å². The van der Waals surface area contributed by atoms with E-state index in [1.54, 1.807) is 0 Å². The Morgan fingerprint density at radius 2 is 1.02 bits per heavy atom. The fraction of sp³-hybridized carbons (Fsp3) is 0. The highest BCUT2D eigenvalue weighted by Gasteiger charge is 2.22. The topological polar surface area (TPSA) is 65.0 Å². The van der Waals surface area contributed by atoms with E-state index >= 15 is 0 Å². The molecule has 0 saturated carbocycles. The summed E-state index contributed by atoms with van der Waals surface area (Å²) in [6, 6.07) is 53.5. The third-order valence-electron chi connectivity index (χ3n) is 9.37. The Morgan fingerprint density at radius 3 is 1.84 bits per heavy atom. The molecule has 234 valence electrons. The Bertz CT molecular complexity index is 2870. The van der Waals surface area contributed by atoms with Gasteiger partial charge in [-0.3, -0.25) is 4.98 Å². The maximum Gasteiger partial charge on any atom is 0.160 e. The van der Waals surface area contributed by atoms with E-state index in [1.807, 2.05) is 79.0 Å². The number of fused-ring (bicyclic) bond motifs is 6. The number of rotatable bonds is 5. The van der Waals surface area contributed by atoms with Crippen LogP contribution in [0.5, 0.6) is 0 Å². The zero-order chi connectivity index (χ0) is 33.0. The number of hydrogen-bond donors (Lipinski definition) is 0. The molecule has 0 amide bonds. The zero-order valence-electron chi connectivity index (χ0n) is 26.7. The highest BCUT2D eigenvalue weighted by molar-refractivity contribution is 6.20. The molecule has 0 spiro atoms. The van der Waals surface area contributed by atoms with Crippen molar-refractivity contribution in [2.75, 3.05) is 0 Å². The van der Waals surface area contributed by atoms with Gasteiger partial charge in [0, 0.05) is 55.6 Å². The molecule has 0 fully saturated rings. The van der Waals surface area contributed by atoms with Gasteiger partial charge in [0.15, 0.2) is 5.82 Å². The Kier molecular flexibility index (Phi) is 6.42. The van der Waals surface area contributed by atoms with E-state index in [2.05, 4.69) is 89.9 Å². The van der Waals surface area contributed by atoms with Crippen LogP contribution in [0.2, 0.25) is 0 Å². The molecule has 4 aromatic heterocycles. The van der Waals surface area contributed by atoms with E-state index in [0.717, 1.165) is 94.3 Å². The fourth-order valence-corrected chi connectivity index (χ4v) is 7.07. The van der Waals surface area contributed by atoms with Gasteiger partial charge in [-0.2, -0.15) is 0 Å². The summed E-state index contributed by atoms with van der Waals surface area (Å²) < 4.78 is 13.0.